The van der Waals surface area contributed by atoms with Crippen molar-refractivity contribution >= 4 is 11.8 Å². The number of hydrogen-bond donors (Lipinski definition) is 0. The second-order valence-corrected chi connectivity index (χ2v) is 6.37. The molecule has 2 aromatic carbocycles. The molecule has 3 aromatic rings. The highest BCUT2D eigenvalue weighted by atomic mass is 32.2. The molecule has 0 radical (unpaired) electrons. The van der Waals surface area contributed by atoms with Gasteiger partial charge in [-0.1, -0.05) is 60.3 Å². The summed E-state index contributed by atoms with van der Waals surface area (Å²) in [5, 5.41) is 9.65. The number of para-hydroxylation sites is 1. The Morgan fingerprint density at radius 1 is 1.00 bits per heavy atom. The maximum Gasteiger partial charge on any atom is 0.191 e. The number of aromatic nitrogens is 3. The van der Waals surface area contributed by atoms with Crippen LogP contribution in [0.25, 0.3) is 0 Å². The first-order chi connectivity index (χ1) is 11.8. The van der Waals surface area contributed by atoms with Gasteiger partial charge in [-0.2, -0.15) is 0 Å². The average Bonchev–Trinajstić information content (AvgIpc) is 3.05. The molecule has 0 aliphatic rings. The van der Waals surface area contributed by atoms with Crippen LogP contribution in [-0.2, 0) is 12.3 Å². The van der Waals surface area contributed by atoms with Crippen LogP contribution in [0.3, 0.4) is 0 Å². The standard InChI is InChI=1S/C19H21N3OS/c1-3-22-18(15(2)23-17-12-8-5-9-13-17)20-21-19(22)24-14-16-10-6-4-7-11-16/h4-13,15H,3,14H2,1-2H3/t15-/m1/s1. The molecular formula is C19H21N3OS. The quantitative estimate of drug-likeness (QED) is 0.583. The molecule has 1 aromatic heterocycles. The van der Waals surface area contributed by atoms with E-state index in [1.165, 1.54) is 5.56 Å². The number of ether oxygens (including phenoxy) is 1. The lowest BCUT2D eigenvalue weighted by molar-refractivity contribution is 0.210. The zero-order chi connectivity index (χ0) is 16.8. The highest BCUT2D eigenvalue weighted by Gasteiger charge is 2.18. The van der Waals surface area contributed by atoms with Gasteiger partial charge in [0, 0.05) is 12.3 Å². The number of nitrogens with zero attached hydrogens (tertiary/aromatic N) is 3. The predicted molar refractivity (Wildman–Crippen MR) is 97.2 cm³/mol. The summed E-state index contributed by atoms with van der Waals surface area (Å²) in [6.45, 7) is 4.94. The zero-order valence-electron chi connectivity index (χ0n) is 13.9. The van der Waals surface area contributed by atoms with Crippen molar-refractivity contribution in [3.63, 3.8) is 0 Å². The molecule has 0 bridgehead atoms. The largest absolute Gasteiger partial charge is 0.483 e. The van der Waals surface area contributed by atoms with Crippen LogP contribution in [0.5, 0.6) is 5.75 Å². The summed E-state index contributed by atoms with van der Waals surface area (Å²) in [7, 11) is 0. The van der Waals surface area contributed by atoms with Gasteiger partial charge in [-0.25, -0.2) is 0 Å². The van der Waals surface area contributed by atoms with E-state index in [0.717, 1.165) is 29.0 Å². The van der Waals surface area contributed by atoms with Gasteiger partial charge >= 0.3 is 0 Å². The molecule has 0 saturated carbocycles. The minimum Gasteiger partial charge on any atom is -0.483 e. The van der Waals surface area contributed by atoms with Gasteiger partial charge < -0.3 is 9.30 Å². The van der Waals surface area contributed by atoms with Crippen LogP contribution in [0, 0.1) is 0 Å². The second kappa shape index (κ2) is 8.02. The van der Waals surface area contributed by atoms with Crippen molar-refractivity contribution in [2.75, 3.05) is 0 Å². The van der Waals surface area contributed by atoms with Crippen LogP contribution in [0.2, 0.25) is 0 Å². The molecule has 0 fully saturated rings. The van der Waals surface area contributed by atoms with Gasteiger partial charge in [-0.15, -0.1) is 10.2 Å². The van der Waals surface area contributed by atoms with Crippen LogP contribution in [-0.4, -0.2) is 14.8 Å². The number of benzene rings is 2. The van der Waals surface area contributed by atoms with Gasteiger partial charge in [0.1, 0.15) is 5.75 Å². The minimum atomic E-state index is -0.147. The first kappa shape index (κ1) is 16.6. The first-order valence-electron chi connectivity index (χ1n) is 8.09. The van der Waals surface area contributed by atoms with Crippen molar-refractivity contribution in [2.45, 2.75) is 37.4 Å². The van der Waals surface area contributed by atoms with Gasteiger partial charge in [-0.05, 0) is 31.5 Å². The molecule has 0 saturated heterocycles. The zero-order valence-corrected chi connectivity index (χ0v) is 14.7. The number of hydrogen-bond acceptors (Lipinski definition) is 4. The van der Waals surface area contributed by atoms with Crippen molar-refractivity contribution in [3.05, 3.63) is 72.1 Å². The van der Waals surface area contributed by atoms with E-state index in [0.29, 0.717) is 0 Å². The summed E-state index contributed by atoms with van der Waals surface area (Å²) in [6.07, 6.45) is -0.147. The Kier molecular flexibility index (Phi) is 5.54. The summed E-state index contributed by atoms with van der Waals surface area (Å²) < 4.78 is 8.11. The van der Waals surface area contributed by atoms with Gasteiger partial charge in [0.05, 0.1) is 0 Å². The first-order valence-corrected chi connectivity index (χ1v) is 9.08. The number of rotatable bonds is 7. The molecule has 0 unspecified atom stereocenters. The lowest BCUT2D eigenvalue weighted by Gasteiger charge is -2.15. The molecule has 0 aliphatic heterocycles. The Labute approximate surface area is 146 Å². The molecule has 3 rings (SSSR count). The van der Waals surface area contributed by atoms with Crippen molar-refractivity contribution in [2.24, 2.45) is 0 Å². The summed E-state index contributed by atoms with van der Waals surface area (Å²) in [4.78, 5) is 0. The normalized spacial score (nSPS) is 12.1. The van der Waals surface area contributed by atoms with Gasteiger partial charge in [0.25, 0.3) is 0 Å². The molecule has 124 valence electrons. The molecule has 0 aliphatic carbocycles. The van der Waals surface area contributed by atoms with Crippen molar-refractivity contribution in [1.82, 2.24) is 14.8 Å². The Hall–Kier alpha value is -2.27. The lowest BCUT2D eigenvalue weighted by Crippen LogP contribution is -2.11. The van der Waals surface area contributed by atoms with Crippen LogP contribution in [0.15, 0.2) is 65.8 Å². The number of thioether (sulfide) groups is 1. The fourth-order valence-electron chi connectivity index (χ4n) is 2.48. The van der Waals surface area contributed by atoms with E-state index in [-0.39, 0.29) is 6.10 Å². The monoisotopic (exact) mass is 339 g/mol. The Morgan fingerprint density at radius 3 is 2.33 bits per heavy atom. The van der Waals surface area contributed by atoms with E-state index >= 15 is 0 Å². The fourth-order valence-corrected chi connectivity index (χ4v) is 3.45. The second-order valence-electron chi connectivity index (χ2n) is 5.43. The average molecular weight is 339 g/mol. The van der Waals surface area contributed by atoms with E-state index in [1.54, 1.807) is 11.8 Å². The molecule has 24 heavy (non-hydrogen) atoms. The molecule has 0 amide bonds. The third-order valence-electron chi connectivity index (χ3n) is 3.69. The molecule has 5 heteroatoms. The highest BCUT2D eigenvalue weighted by molar-refractivity contribution is 7.98. The van der Waals surface area contributed by atoms with Crippen molar-refractivity contribution in [3.8, 4) is 5.75 Å². The third-order valence-corrected chi connectivity index (χ3v) is 4.73. The summed E-state index contributed by atoms with van der Waals surface area (Å²) in [6, 6.07) is 20.2. The fraction of sp³-hybridized carbons (Fsp3) is 0.263. The maximum absolute atomic E-state index is 5.99. The summed E-state index contributed by atoms with van der Waals surface area (Å²) >= 11 is 1.70. The van der Waals surface area contributed by atoms with Crippen molar-refractivity contribution < 1.29 is 4.74 Å². The topological polar surface area (TPSA) is 39.9 Å². The molecule has 0 N–H and O–H groups in total. The van der Waals surface area contributed by atoms with E-state index in [9.17, 15) is 0 Å². The summed E-state index contributed by atoms with van der Waals surface area (Å²) in [5.41, 5.74) is 1.28. The Bertz CT molecular complexity index is 759. The van der Waals surface area contributed by atoms with Crippen LogP contribution in [0.1, 0.15) is 31.3 Å². The molecule has 4 nitrogen and oxygen atoms in total. The van der Waals surface area contributed by atoms with Crippen molar-refractivity contribution in [1.29, 1.82) is 0 Å². The van der Waals surface area contributed by atoms with E-state index in [2.05, 4.69) is 46.0 Å². The molecule has 1 atom stereocenters. The SMILES string of the molecule is CCn1c(SCc2ccccc2)nnc1[C@@H](C)Oc1ccccc1. The molecular weight excluding hydrogens is 318 g/mol. The predicted octanol–water partition coefficient (Wildman–Crippen LogP) is 4.73. The minimum absolute atomic E-state index is 0.147. The lowest BCUT2D eigenvalue weighted by atomic mass is 10.2. The van der Waals surface area contributed by atoms with Crippen LogP contribution < -0.4 is 4.74 Å². The molecule has 1 heterocycles. The van der Waals surface area contributed by atoms with Gasteiger partial charge in [-0.3, -0.25) is 0 Å². The van der Waals surface area contributed by atoms with E-state index < -0.39 is 0 Å². The van der Waals surface area contributed by atoms with E-state index in [4.69, 9.17) is 4.74 Å². The Morgan fingerprint density at radius 2 is 1.67 bits per heavy atom. The smallest absolute Gasteiger partial charge is 0.191 e. The van der Waals surface area contributed by atoms with Crippen LogP contribution >= 0.6 is 11.8 Å². The maximum atomic E-state index is 5.99. The van der Waals surface area contributed by atoms with Gasteiger partial charge in [0.15, 0.2) is 17.1 Å². The molecule has 0 spiro atoms. The van der Waals surface area contributed by atoms with Crippen LogP contribution in [0.4, 0.5) is 0 Å². The summed E-state index contributed by atoms with van der Waals surface area (Å²) in [5.74, 6) is 2.58. The van der Waals surface area contributed by atoms with Gasteiger partial charge in [0.2, 0.25) is 0 Å². The van der Waals surface area contributed by atoms with E-state index in [1.807, 2.05) is 43.3 Å². The third kappa shape index (κ3) is 3.97. The highest BCUT2D eigenvalue weighted by Crippen LogP contribution is 2.26. The Balaban J connectivity index is 1.71.